The fourth-order valence-corrected chi connectivity index (χ4v) is 6.05. The SMILES string of the molecule is CCCCCCCC(=O)N1CCCC(N2CCCC(Nc3nccc(N4CCCCCC4)n3)C2)C1. The summed E-state index contributed by atoms with van der Waals surface area (Å²) < 4.78 is 0. The van der Waals surface area contributed by atoms with E-state index in [1.165, 1.54) is 64.2 Å². The highest BCUT2D eigenvalue weighted by Crippen LogP contribution is 2.24. The molecule has 0 spiro atoms. The number of likely N-dealkylation sites (tertiary alicyclic amines) is 2. The number of amides is 1. The molecule has 1 aromatic rings. The van der Waals surface area contributed by atoms with Crippen molar-refractivity contribution in [2.45, 2.75) is 109 Å². The number of hydrogen-bond acceptors (Lipinski definition) is 6. The maximum absolute atomic E-state index is 12.8. The lowest BCUT2D eigenvalue weighted by molar-refractivity contribution is -0.133. The van der Waals surface area contributed by atoms with Gasteiger partial charge in [0, 0.05) is 57.4 Å². The average Bonchev–Trinajstić information content (AvgIpc) is 3.19. The number of nitrogens with one attached hydrogen (secondary N) is 1. The maximum Gasteiger partial charge on any atom is 0.224 e. The van der Waals surface area contributed by atoms with Gasteiger partial charge in [0.1, 0.15) is 5.82 Å². The van der Waals surface area contributed by atoms with Gasteiger partial charge in [0.2, 0.25) is 11.9 Å². The summed E-state index contributed by atoms with van der Waals surface area (Å²) in [5.41, 5.74) is 0. The third-order valence-corrected chi connectivity index (χ3v) is 8.12. The molecule has 4 heterocycles. The van der Waals surface area contributed by atoms with Crippen LogP contribution in [0.15, 0.2) is 12.3 Å². The van der Waals surface area contributed by atoms with Gasteiger partial charge in [-0.25, -0.2) is 4.98 Å². The second-order valence-corrected chi connectivity index (χ2v) is 10.9. The second-order valence-electron chi connectivity index (χ2n) is 10.9. The molecule has 196 valence electrons. The Kier molecular flexibility index (Phi) is 10.5. The zero-order valence-electron chi connectivity index (χ0n) is 22.1. The Labute approximate surface area is 213 Å². The van der Waals surface area contributed by atoms with Crippen LogP contribution in [0.25, 0.3) is 0 Å². The number of piperidine rings is 2. The first-order chi connectivity index (χ1) is 17.2. The molecule has 0 aliphatic carbocycles. The molecule has 7 heteroatoms. The lowest BCUT2D eigenvalue weighted by atomic mass is 9.98. The molecule has 0 aromatic carbocycles. The van der Waals surface area contributed by atoms with Crippen LogP contribution in [0.3, 0.4) is 0 Å². The third-order valence-electron chi connectivity index (χ3n) is 8.12. The lowest BCUT2D eigenvalue weighted by Gasteiger charge is -2.43. The molecule has 1 aromatic heterocycles. The standard InChI is InChI=1S/C28H48N6O/c1-2-3-4-5-8-15-27(35)34-21-12-14-25(23-34)33-20-11-13-24(22-33)30-28-29-17-16-26(31-28)32-18-9-6-7-10-19-32/h16-17,24-25H,2-15,18-23H2,1H3,(H,29,30,31). The summed E-state index contributed by atoms with van der Waals surface area (Å²) in [5.74, 6) is 2.20. The minimum absolute atomic E-state index is 0.368. The number of rotatable bonds is 10. The van der Waals surface area contributed by atoms with Gasteiger partial charge in [-0.2, -0.15) is 4.98 Å². The fourth-order valence-electron chi connectivity index (χ4n) is 6.05. The second kappa shape index (κ2) is 14.0. The molecule has 2 atom stereocenters. The van der Waals surface area contributed by atoms with E-state index in [0.29, 0.717) is 18.0 Å². The topological polar surface area (TPSA) is 64.6 Å². The monoisotopic (exact) mass is 484 g/mol. The van der Waals surface area contributed by atoms with Crippen LogP contribution in [0.2, 0.25) is 0 Å². The third kappa shape index (κ3) is 8.06. The number of carbonyl (C=O) groups is 1. The van der Waals surface area contributed by atoms with Gasteiger partial charge in [-0.3, -0.25) is 9.69 Å². The molecule has 4 rings (SSSR count). The number of aromatic nitrogens is 2. The van der Waals surface area contributed by atoms with E-state index in [0.717, 1.165) is 76.7 Å². The molecule has 3 saturated heterocycles. The molecule has 1 amide bonds. The molecule has 7 nitrogen and oxygen atoms in total. The van der Waals surface area contributed by atoms with Crippen LogP contribution in [0.4, 0.5) is 11.8 Å². The van der Waals surface area contributed by atoms with Gasteiger partial charge in [0.05, 0.1) is 0 Å². The van der Waals surface area contributed by atoms with Crippen molar-refractivity contribution >= 4 is 17.7 Å². The molecule has 3 fully saturated rings. The lowest BCUT2D eigenvalue weighted by Crippen LogP contribution is -2.54. The van der Waals surface area contributed by atoms with Crippen molar-refractivity contribution in [3.63, 3.8) is 0 Å². The first-order valence-electron chi connectivity index (χ1n) is 14.6. The Bertz CT molecular complexity index is 766. The molecular formula is C28H48N6O. The van der Waals surface area contributed by atoms with Crippen LogP contribution < -0.4 is 10.2 Å². The van der Waals surface area contributed by atoms with Gasteiger partial charge >= 0.3 is 0 Å². The Hall–Kier alpha value is -1.89. The summed E-state index contributed by atoms with van der Waals surface area (Å²) in [6.45, 7) is 8.43. The molecule has 0 radical (unpaired) electrons. The molecule has 3 aliphatic rings. The van der Waals surface area contributed by atoms with E-state index in [4.69, 9.17) is 4.98 Å². The summed E-state index contributed by atoms with van der Waals surface area (Å²) in [6, 6.07) is 2.91. The number of unbranched alkanes of at least 4 members (excludes halogenated alkanes) is 4. The first-order valence-corrected chi connectivity index (χ1v) is 14.6. The Balaban J connectivity index is 1.26. The van der Waals surface area contributed by atoms with E-state index in [2.05, 4.69) is 38.0 Å². The highest BCUT2D eigenvalue weighted by Gasteiger charge is 2.31. The highest BCUT2D eigenvalue weighted by atomic mass is 16.2. The van der Waals surface area contributed by atoms with Crippen molar-refractivity contribution in [3.8, 4) is 0 Å². The number of nitrogens with zero attached hydrogens (tertiary/aromatic N) is 5. The van der Waals surface area contributed by atoms with Crippen LogP contribution in [-0.4, -0.2) is 77.0 Å². The van der Waals surface area contributed by atoms with E-state index >= 15 is 0 Å². The van der Waals surface area contributed by atoms with Crippen LogP contribution in [0.5, 0.6) is 0 Å². The molecule has 0 saturated carbocycles. The van der Waals surface area contributed by atoms with E-state index in [1.54, 1.807) is 0 Å². The molecular weight excluding hydrogens is 436 g/mol. The normalized spacial score (nSPS) is 24.3. The van der Waals surface area contributed by atoms with Crippen molar-refractivity contribution in [2.24, 2.45) is 0 Å². The van der Waals surface area contributed by atoms with Crippen LogP contribution in [0, 0.1) is 0 Å². The quantitative estimate of drug-likeness (QED) is 0.467. The predicted octanol–water partition coefficient (Wildman–Crippen LogP) is 5.08. The van der Waals surface area contributed by atoms with Crippen molar-refractivity contribution in [2.75, 3.05) is 49.5 Å². The van der Waals surface area contributed by atoms with Crippen LogP contribution in [-0.2, 0) is 4.79 Å². The van der Waals surface area contributed by atoms with Gasteiger partial charge in [-0.15, -0.1) is 0 Å². The molecule has 3 aliphatic heterocycles. The van der Waals surface area contributed by atoms with Gasteiger partial charge < -0.3 is 15.1 Å². The number of carbonyl (C=O) groups excluding carboxylic acids is 1. The molecule has 1 N–H and O–H groups in total. The summed E-state index contributed by atoms with van der Waals surface area (Å²) >= 11 is 0. The molecule has 0 bridgehead atoms. The van der Waals surface area contributed by atoms with Gasteiger partial charge in [0.15, 0.2) is 0 Å². The Morgan fingerprint density at radius 2 is 1.74 bits per heavy atom. The fraction of sp³-hybridized carbons (Fsp3) is 0.821. The zero-order chi connectivity index (χ0) is 24.3. The van der Waals surface area contributed by atoms with E-state index < -0.39 is 0 Å². The minimum Gasteiger partial charge on any atom is -0.356 e. The van der Waals surface area contributed by atoms with Gasteiger partial charge in [-0.1, -0.05) is 45.4 Å². The van der Waals surface area contributed by atoms with Crippen molar-refractivity contribution < 1.29 is 4.79 Å². The van der Waals surface area contributed by atoms with Crippen LogP contribution in [0.1, 0.15) is 96.8 Å². The van der Waals surface area contributed by atoms with Crippen molar-refractivity contribution in [3.05, 3.63) is 12.3 Å². The smallest absolute Gasteiger partial charge is 0.224 e. The molecule has 35 heavy (non-hydrogen) atoms. The maximum atomic E-state index is 12.8. The number of hydrogen-bond donors (Lipinski definition) is 1. The van der Waals surface area contributed by atoms with Crippen molar-refractivity contribution in [1.82, 2.24) is 19.8 Å². The minimum atomic E-state index is 0.368. The first kappa shape index (κ1) is 26.2. The van der Waals surface area contributed by atoms with E-state index in [-0.39, 0.29) is 0 Å². The van der Waals surface area contributed by atoms with Crippen LogP contribution >= 0.6 is 0 Å². The summed E-state index contributed by atoms with van der Waals surface area (Å²) in [7, 11) is 0. The van der Waals surface area contributed by atoms with Gasteiger partial charge in [0.25, 0.3) is 0 Å². The summed E-state index contributed by atoms with van der Waals surface area (Å²) in [4.78, 5) is 29.5. The van der Waals surface area contributed by atoms with Gasteiger partial charge in [-0.05, 0) is 57.6 Å². The van der Waals surface area contributed by atoms with E-state index in [9.17, 15) is 4.79 Å². The number of anilines is 2. The van der Waals surface area contributed by atoms with Crippen molar-refractivity contribution in [1.29, 1.82) is 0 Å². The Morgan fingerprint density at radius 3 is 2.57 bits per heavy atom. The summed E-state index contributed by atoms with van der Waals surface area (Å²) in [6.07, 6.45) is 18.5. The molecule has 2 unspecified atom stereocenters. The highest BCUT2D eigenvalue weighted by molar-refractivity contribution is 5.76. The zero-order valence-corrected chi connectivity index (χ0v) is 22.1. The van der Waals surface area contributed by atoms with E-state index in [1.807, 2.05) is 6.20 Å². The largest absolute Gasteiger partial charge is 0.356 e. The Morgan fingerprint density at radius 1 is 0.943 bits per heavy atom. The summed E-state index contributed by atoms with van der Waals surface area (Å²) in [5, 5.41) is 3.65. The average molecular weight is 485 g/mol. The predicted molar refractivity (Wildman–Crippen MR) is 144 cm³/mol.